The summed E-state index contributed by atoms with van der Waals surface area (Å²) in [6, 6.07) is 6.66. The van der Waals surface area contributed by atoms with Crippen LogP contribution in [0.25, 0.3) is 11.0 Å². The lowest BCUT2D eigenvalue weighted by Gasteiger charge is -2.04. The molecule has 1 aliphatic rings. The number of methoxy groups -OCH3 is 1. The lowest BCUT2D eigenvalue weighted by atomic mass is 10.3. The van der Waals surface area contributed by atoms with Crippen molar-refractivity contribution in [3.05, 3.63) is 23.0 Å². The molecule has 3 rings (SSSR count). The van der Waals surface area contributed by atoms with E-state index in [4.69, 9.17) is 17.0 Å². The molecule has 1 heterocycles. The van der Waals surface area contributed by atoms with E-state index in [2.05, 4.69) is 22.5 Å². The monoisotopic (exact) mass is 248 g/mol. The van der Waals surface area contributed by atoms with Crippen molar-refractivity contribution in [1.29, 1.82) is 0 Å². The van der Waals surface area contributed by atoms with Crippen molar-refractivity contribution >= 4 is 23.3 Å². The number of aromatic nitrogens is 2. The minimum absolute atomic E-state index is 0.577. The fraction of sp³-hybridized carbons (Fsp3) is 0.462. The summed E-state index contributed by atoms with van der Waals surface area (Å²) in [6.07, 6.45) is 2.47. The maximum absolute atomic E-state index is 5.43. The molecule has 0 radical (unpaired) electrons. The average molecular weight is 248 g/mol. The van der Waals surface area contributed by atoms with Crippen LogP contribution in [-0.4, -0.2) is 16.7 Å². The number of imidazole rings is 1. The second kappa shape index (κ2) is 3.88. The molecule has 0 bridgehead atoms. The highest BCUT2D eigenvalue weighted by Crippen LogP contribution is 2.47. The van der Waals surface area contributed by atoms with Gasteiger partial charge in [0.15, 0.2) is 4.77 Å². The van der Waals surface area contributed by atoms with Crippen molar-refractivity contribution in [1.82, 2.24) is 9.55 Å². The highest BCUT2D eigenvalue weighted by Gasteiger charge is 2.38. The molecular weight excluding hydrogens is 232 g/mol. The predicted molar refractivity (Wildman–Crippen MR) is 71.1 cm³/mol. The van der Waals surface area contributed by atoms with Gasteiger partial charge in [-0.15, -0.1) is 0 Å². The van der Waals surface area contributed by atoms with Crippen LogP contribution in [0, 0.1) is 10.7 Å². The first-order valence-electron chi connectivity index (χ1n) is 6.03. The summed E-state index contributed by atoms with van der Waals surface area (Å²) >= 11 is 5.43. The van der Waals surface area contributed by atoms with Crippen LogP contribution in [0.5, 0.6) is 5.75 Å². The first kappa shape index (κ1) is 10.8. The Hall–Kier alpha value is -1.29. The van der Waals surface area contributed by atoms with Gasteiger partial charge < -0.3 is 14.3 Å². The van der Waals surface area contributed by atoms with Gasteiger partial charge in [-0.2, -0.15) is 0 Å². The Bertz CT molecular complexity index is 613. The molecule has 2 unspecified atom stereocenters. The van der Waals surface area contributed by atoms with Crippen molar-refractivity contribution < 1.29 is 4.74 Å². The van der Waals surface area contributed by atoms with E-state index in [1.807, 2.05) is 12.1 Å². The van der Waals surface area contributed by atoms with Crippen molar-refractivity contribution in [2.24, 2.45) is 5.92 Å². The summed E-state index contributed by atoms with van der Waals surface area (Å²) < 4.78 is 8.42. The maximum atomic E-state index is 5.43. The van der Waals surface area contributed by atoms with E-state index in [0.717, 1.165) is 27.5 Å². The summed E-state index contributed by atoms with van der Waals surface area (Å²) in [5, 5.41) is 0. The van der Waals surface area contributed by atoms with Gasteiger partial charge in [0, 0.05) is 6.04 Å². The van der Waals surface area contributed by atoms with Crippen LogP contribution in [0.15, 0.2) is 18.2 Å². The molecule has 0 aliphatic heterocycles. The van der Waals surface area contributed by atoms with Gasteiger partial charge in [-0.25, -0.2) is 0 Å². The maximum Gasteiger partial charge on any atom is 0.178 e. The number of H-pyrrole nitrogens is 1. The Balaban J connectivity index is 2.19. The van der Waals surface area contributed by atoms with Crippen LogP contribution in [-0.2, 0) is 0 Å². The molecular formula is C13H16N2OS. The Labute approximate surface area is 105 Å². The summed E-state index contributed by atoms with van der Waals surface area (Å²) in [5.74, 6) is 1.65. The van der Waals surface area contributed by atoms with Crippen molar-refractivity contribution in [2.45, 2.75) is 25.8 Å². The molecule has 1 saturated carbocycles. The number of nitrogens with one attached hydrogen (secondary N) is 1. The van der Waals surface area contributed by atoms with Crippen LogP contribution in [0.4, 0.5) is 0 Å². The smallest absolute Gasteiger partial charge is 0.178 e. The van der Waals surface area contributed by atoms with Crippen molar-refractivity contribution in [3.63, 3.8) is 0 Å². The van der Waals surface area contributed by atoms with Crippen LogP contribution in [0.2, 0.25) is 0 Å². The largest absolute Gasteiger partial charge is 0.494 e. The standard InChI is InChI=1S/C13H16N2OS/c1-3-8-7-10(8)15-9-5-4-6-11(16-2)12(9)14-13(15)17/h4-6,8,10H,3,7H2,1-2H3,(H,14,17). The van der Waals surface area contributed by atoms with Crippen LogP contribution in [0.1, 0.15) is 25.8 Å². The van der Waals surface area contributed by atoms with E-state index in [1.165, 1.54) is 12.8 Å². The lowest BCUT2D eigenvalue weighted by Crippen LogP contribution is -1.95. The first-order chi connectivity index (χ1) is 8.26. The molecule has 0 amide bonds. The van der Waals surface area contributed by atoms with Gasteiger partial charge in [-0.05, 0) is 36.7 Å². The molecule has 1 fully saturated rings. The van der Waals surface area contributed by atoms with Gasteiger partial charge >= 0.3 is 0 Å². The molecule has 0 spiro atoms. The van der Waals surface area contributed by atoms with Crippen molar-refractivity contribution in [2.75, 3.05) is 7.11 Å². The topological polar surface area (TPSA) is 29.9 Å². The fourth-order valence-electron chi connectivity index (χ4n) is 2.61. The number of aromatic amines is 1. The second-order valence-corrected chi connectivity index (χ2v) is 5.01. The third-order valence-electron chi connectivity index (χ3n) is 3.68. The van der Waals surface area contributed by atoms with E-state index in [-0.39, 0.29) is 0 Å². The SMILES string of the molecule is CCC1CC1n1c(=S)[nH]c2c(OC)cccc21. The quantitative estimate of drug-likeness (QED) is 0.840. The Morgan fingerprint density at radius 1 is 1.53 bits per heavy atom. The minimum Gasteiger partial charge on any atom is -0.494 e. The van der Waals surface area contributed by atoms with Gasteiger partial charge in [0.25, 0.3) is 0 Å². The van der Waals surface area contributed by atoms with Gasteiger partial charge in [-0.1, -0.05) is 19.4 Å². The molecule has 4 heteroatoms. The van der Waals surface area contributed by atoms with Crippen LogP contribution >= 0.6 is 12.2 Å². The van der Waals surface area contributed by atoms with Crippen LogP contribution in [0.3, 0.4) is 0 Å². The fourth-order valence-corrected chi connectivity index (χ4v) is 2.94. The Kier molecular flexibility index (Phi) is 2.47. The molecule has 1 aliphatic carbocycles. The molecule has 2 atom stereocenters. The molecule has 2 aromatic rings. The molecule has 1 aromatic carbocycles. The number of para-hydroxylation sites is 1. The Morgan fingerprint density at radius 2 is 2.35 bits per heavy atom. The molecule has 17 heavy (non-hydrogen) atoms. The van der Waals surface area contributed by atoms with Gasteiger partial charge in [0.2, 0.25) is 0 Å². The third-order valence-corrected chi connectivity index (χ3v) is 3.97. The third kappa shape index (κ3) is 1.59. The summed E-state index contributed by atoms with van der Waals surface area (Å²) in [5.41, 5.74) is 2.18. The zero-order valence-electron chi connectivity index (χ0n) is 10.1. The average Bonchev–Trinajstić information content (AvgIpc) is 3.03. The van der Waals surface area contributed by atoms with Gasteiger partial charge in [0.1, 0.15) is 11.3 Å². The van der Waals surface area contributed by atoms with E-state index in [0.29, 0.717) is 6.04 Å². The number of fused-ring (bicyclic) bond motifs is 1. The second-order valence-electron chi connectivity index (χ2n) is 4.63. The van der Waals surface area contributed by atoms with E-state index >= 15 is 0 Å². The van der Waals surface area contributed by atoms with E-state index < -0.39 is 0 Å². The highest BCUT2D eigenvalue weighted by atomic mass is 32.1. The molecule has 0 saturated heterocycles. The Morgan fingerprint density at radius 3 is 3.00 bits per heavy atom. The number of hydrogen-bond donors (Lipinski definition) is 1. The zero-order valence-corrected chi connectivity index (χ0v) is 10.9. The van der Waals surface area contributed by atoms with E-state index in [9.17, 15) is 0 Å². The molecule has 90 valence electrons. The van der Waals surface area contributed by atoms with Crippen LogP contribution < -0.4 is 4.74 Å². The number of nitrogens with zero attached hydrogens (tertiary/aromatic N) is 1. The molecule has 1 N–H and O–H groups in total. The van der Waals surface area contributed by atoms with Crippen molar-refractivity contribution in [3.8, 4) is 5.75 Å². The van der Waals surface area contributed by atoms with E-state index in [1.54, 1.807) is 7.11 Å². The minimum atomic E-state index is 0.577. The number of hydrogen-bond acceptors (Lipinski definition) is 2. The zero-order chi connectivity index (χ0) is 12.0. The predicted octanol–water partition coefficient (Wildman–Crippen LogP) is 3.68. The number of rotatable bonds is 3. The highest BCUT2D eigenvalue weighted by molar-refractivity contribution is 7.71. The molecule has 1 aromatic heterocycles. The van der Waals surface area contributed by atoms with Gasteiger partial charge in [0.05, 0.1) is 12.6 Å². The first-order valence-corrected chi connectivity index (χ1v) is 6.44. The number of ether oxygens (including phenoxy) is 1. The van der Waals surface area contributed by atoms with Gasteiger partial charge in [-0.3, -0.25) is 0 Å². The molecule has 3 nitrogen and oxygen atoms in total. The summed E-state index contributed by atoms with van der Waals surface area (Å²) in [6.45, 7) is 2.24. The number of benzene rings is 1. The normalized spacial score (nSPS) is 22.9. The summed E-state index contributed by atoms with van der Waals surface area (Å²) in [7, 11) is 1.69. The lowest BCUT2D eigenvalue weighted by molar-refractivity contribution is 0.419. The summed E-state index contributed by atoms with van der Waals surface area (Å²) in [4.78, 5) is 3.27.